The summed E-state index contributed by atoms with van der Waals surface area (Å²) in [7, 11) is 1.81. The number of rotatable bonds is 4. The SMILES string of the molecule is CN(CCC#N)c1cccc(C(N)=O)n1. The van der Waals surface area contributed by atoms with Gasteiger partial charge >= 0.3 is 0 Å². The van der Waals surface area contributed by atoms with Crippen LogP contribution in [0.4, 0.5) is 5.82 Å². The van der Waals surface area contributed by atoms with Crippen molar-refractivity contribution < 1.29 is 4.79 Å². The summed E-state index contributed by atoms with van der Waals surface area (Å²) in [5.74, 6) is 0.0899. The number of amides is 1. The largest absolute Gasteiger partial charge is 0.364 e. The number of anilines is 1. The second kappa shape index (κ2) is 4.96. The third kappa shape index (κ3) is 2.95. The minimum atomic E-state index is -0.550. The highest BCUT2D eigenvalue weighted by molar-refractivity contribution is 5.91. The number of nitrogens with zero attached hydrogens (tertiary/aromatic N) is 3. The zero-order valence-electron chi connectivity index (χ0n) is 8.47. The Labute approximate surface area is 88.1 Å². The van der Waals surface area contributed by atoms with Gasteiger partial charge in [-0.15, -0.1) is 0 Å². The van der Waals surface area contributed by atoms with E-state index in [9.17, 15) is 4.79 Å². The van der Waals surface area contributed by atoms with Gasteiger partial charge < -0.3 is 10.6 Å². The van der Waals surface area contributed by atoms with E-state index in [0.29, 0.717) is 18.8 Å². The Hall–Kier alpha value is -2.09. The summed E-state index contributed by atoms with van der Waals surface area (Å²) in [5, 5.41) is 8.43. The molecule has 5 heteroatoms. The highest BCUT2D eigenvalue weighted by atomic mass is 16.1. The van der Waals surface area contributed by atoms with Crippen LogP contribution in [0.5, 0.6) is 0 Å². The second-order valence-electron chi connectivity index (χ2n) is 3.07. The molecule has 0 aliphatic rings. The molecule has 0 atom stereocenters. The Kier molecular flexibility index (Phi) is 3.63. The molecule has 1 amide bonds. The molecule has 2 N–H and O–H groups in total. The highest BCUT2D eigenvalue weighted by Gasteiger charge is 2.06. The maximum atomic E-state index is 10.9. The molecule has 0 aliphatic heterocycles. The monoisotopic (exact) mass is 204 g/mol. The molecule has 1 aromatic heterocycles. The Bertz CT molecular complexity index is 397. The van der Waals surface area contributed by atoms with Crippen LogP contribution in [0.25, 0.3) is 0 Å². The highest BCUT2D eigenvalue weighted by Crippen LogP contribution is 2.09. The van der Waals surface area contributed by atoms with Gasteiger partial charge in [0, 0.05) is 13.6 Å². The molecule has 0 saturated carbocycles. The summed E-state index contributed by atoms with van der Waals surface area (Å²) in [6.07, 6.45) is 0.416. The lowest BCUT2D eigenvalue weighted by atomic mass is 10.3. The molecule has 0 aromatic carbocycles. The number of hydrogen-bond acceptors (Lipinski definition) is 4. The van der Waals surface area contributed by atoms with Crippen LogP contribution < -0.4 is 10.6 Å². The summed E-state index contributed by atoms with van der Waals surface area (Å²) < 4.78 is 0. The molecular weight excluding hydrogens is 192 g/mol. The molecule has 0 bridgehead atoms. The van der Waals surface area contributed by atoms with E-state index in [1.165, 1.54) is 0 Å². The molecular formula is C10H12N4O. The first kappa shape index (κ1) is 11.0. The number of nitrogens with two attached hydrogens (primary N) is 1. The van der Waals surface area contributed by atoms with Gasteiger partial charge in [-0.1, -0.05) is 6.07 Å². The van der Waals surface area contributed by atoms with Crippen molar-refractivity contribution in [2.75, 3.05) is 18.5 Å². The minimum Gasteiger partial charge on any atom is -0.364 e. The van der Waals surface area contributed by atoms with Crippen molar-refractivity contribution in [3.8, 4) is 6.07 Å². The van der Waals surface area contributed by atoms with E-state index in [2.05, 4.69) is 4.98 Å². The van der Waals surface area contributed by atoms with Crippen molar-refractivity contribution in [1.29, 1.82) is 5.26 Å². The Morgan fingerprint density at radius 3 is 3.00 bits per heavy atom. The van der Waals surface area contributed by atoms with Crippen molar-refractivity contribution in [1.82, 2.24) is 4.98 Å². The van der Waals surface area contributed by atoms with Crippen LogP contribution in [0, 0.1) is 11.3 Å². The van der Waals surface area contributed by atoms with Gasteiger partial charge in [0.1, 0.15) is 11.5 Å². The fourth-order valence-electron chi connectivity index (χ4n) is 1.11. The van der Waals surface area contributed by atoms with Crippen LogP contribution in [0.2, 0.25) is 0 Å². The normalized spacial score (nSPS) is 9.33. The molecule has 5 nitrogen and oxygen atoms in total. The smallest absolute Gasteiger partial charge is 0.267 e. The Morgan fingerprint density at radius 2 is 2.40 bits per heavy atom. The van der Waals surface area contributed by atoms with Gasteiger partial charge in [-0.3, -0.25) is 4.79 Å². The maximum absolute atomic E-state index is 10.9. The lowest BCUT2D eigenvalue weighted by Gasteiger charge is -2.16. The van der Waals surface area contributed by atoms with Crippen molar-refractivity contribution in [3.63, 3.8) is 0 Å². The van der Waals surface area contributed by atoms with Crippen molar-refractivity contribution in [2.24, 2.45) is 5.73 Å². The summed E-state index contributed by atoms with van der Waals surface area (Å²) in [5.41, 5.74) is 5.34. The standard InChI is InChI=1S/C10H12N4O/c1-14(7-3-6-11)9-5-2-4-8(13-9)10(12)15/h2,4-5H,3,7H2,1H3,(H2,12,15). The molecule has 1 aromatic rings. The molecule has 0 aliphatic carbocycles. The molecule has 1 rings (SSSR count). The van der Waals surface area contributed by atoms with E-state index in [1.54, 1.807) is 23.1 Å². The average molecular weight is 204 g/mol. The van der Waals surface area contributed by atoms with Crippen LogP contribution in [0.1, 0.15) is 16.9 Å². The van der Waals surface area contributed by atoms with Gasteiger partial charge in [0.25, 0.3) is 5.91 Å². The first-order valence-electron chi connectivity index (χ1n) is 4.50. The number of carbonyl (C=O) groups excluding carboxylic acids is 1. The predicted molar refractivity (Wildman–Crippen MR) is 56.3 cm³/mol. The van der Waals surface area contributed by atoms with Crippen LogP contribution >= 0.6 is 0 Å². The van der Waals surface area contributed by atoms with Gasteiger partial charge in [-0.05, 0) is 12.1 Å². The lowest BCUT2D eigenvalue weighted by molar-refractivity contribution is 0.0995. The molecule has 0 radical (unpaired) electrons. The zero-order valence-corrected chi connectivity index (χ0v) is 8.47. The summed E-state index contributed by atoms with van der Waals surface area (Å²) in [6, 6.07) is 7.09. The van der Waals surface area contributed by atoms with Crippen molar-refractivity contribution in [3.05, 3.63) is 23.9 Å². The number of carbonyl (C=O) groups is 1. The van der Waals surface area contributed by atoms with Gasteiger partial charge in [-0.25, -0.2) is 4.98 Å². The quantitative estimate of drug-likeness (QED) is 0.775. The number of nitriles is 1. The summed E-state index contributed by atoms with van der Waals surface area (Å²) in [6.45, 7) is 0.575. The van der Waals surface area contributed by atoms with Gasteiger partial charge in [0.05, 0.1) is 12.5 Å². The van der Waals surface area contributed by atoms with Crippen molar-refractivity contribution >= 4 is 11.7 Å². The van der Waals surface area contributed by atoms with Gasteiger partial charge in [-0.2, -0.15) is 5.26 Å². The van der Waals surface area contributed by atoms with E-state index >= 15 is 0 Å². The average Bonchev–Trinajstić information content (AvgIpc) is 2.26. The maximum Gasteiger partial charge on any atom is 0.267 e. The van der Waals surface area contributed by atoms with Crippen molar-refractivity contribution in [2.45, 2.75) is 6.42 Å². The molecule has 15 heavy (non-hydrogen) atoms. The zero-order chi connectivity index (χ0) is 11.3. The number of hydrogen-bond donors (Lipinski definition) is 1. The first-order chi connectivity index (χ1) is 7.15. The number of aromatic nitrogens is 1. The Morgan fingerprint density at radius 1 is 1.67 bits per heavy atom. The predicted octanol–water partition coefficient (Wildman–Crippen LogP) is 0.530. The second-order valence-corrected chi connectivity index (χ2v) is 3.07. The third-order valence-corrected chi connectivity index (χ3v) is 1.94. The fraction of sp³-hybridized carbons (Fsp3) is 0.300. The minimum absolute atomic E-state index is 0.233. The van der Waals surface area contributed by atoms with Crippen LogP contribution in [-0.2, 0) is 0 Å². The summed E-state index contributed by atoms with van der Waals surface area (Å²) >= 11 is 0. The Balaban J connectivity index is 2.81. The van der Waals surface area contributed by atoms with Gasteiger partial charge in [0.2, 0.25) is 0 Å². The van der Waals surface area contributed by atoms with E-state index in [4.69, 9.17) is 11.0 Å². The number of primary amides is 1. The summed E-state index contributed by atoms with van der Waals surface area (Å²) in [4.78, 5) is 16.7. The molecule has 0 fully saturated rings. The lowest BCUT2D eigenvalue weighted by Crippen LogP contribution is -2.21. The van der Waals surface area contributed by atoms with E-state index in [0.717, 1.165) is 0 Å². The first-order valence-corrected chi connectivity index (χ1v) is 4.50. The molecule has 0 spiro atoms. The third-order valence-electron chi connectivity index (χ3n) is 1.94. The van der Waals surface area contributed by atoms with Gasteiger partial charge in [0.15, 0.2) is 0 Å². The van der Waals surface area contributed by atoms with E-state index in [1.807, 2.05) is 13.1 Å². The van der Waals surface area contributed by atoms with Crippen LogP contribution in [0.3, 0.4) is 0 Å². The molecule has 1 heterocycles. The van der Waals surface area contributed by atoms with Crippen LogP contribution in [0.15, 0.2) is 18.2 Å². The van der Waals surface area contributed by atoms with Crippen LogP contribution in [-0.4, -0.2) is 24.5 Å². The number of pyridine rings is 1. The topological polar surface area (TPSA) is 83.0 Å². The van der Waals surface area contributed by atoms with E-state index < -0.39 is 5.91 Å². The van der Waals surface area contributed by atoms with E-state index in [-0.39, 0.29) is 5.69 Å². The molecule has 0 unspecified atom stereocenters. The molecule has 0 saturated heterocycles. The fourth-order valence-corrected chi connectivity index (χ4v) is 1.11. The molecule has 78 valence electrons.